The summed E-state index contributed by atoms with van der Waals surface area (Å²) < 4.78 is 21.9. The van der Waals surface area contributed by atoms with Crippen molar-refractivity contribution < 1.29 is 33.3 Å². The molecule has 0 bridgehead atoms. The van der Waals surface area contributed by atoms with Crippen LogP contribution in [0.2, 0.25) is 0 Å². The maximum Gasteiger partial charge on any atom is 0.303 e. The van der Waals surface area contributed by atoms with Gasteiger partial charge in [-0.15, -0.1) is 11.8 Å². The summed E-state index contributed by atoms with van der Waals surface area (Å²) in [6.07, 6.45) is -2.13. The lowest BCUT2D eigenvalue weighted by atomic mass is 10.1. The minimum absolute atomic E-state index is 0.0979. The highest BCUT2D eigenvalue weighted by molar-refractivity contribution is 8.03. The molecule has 0 N–H and O–H groups in total. The molecule has 1 rings (SSSR count). The number of hydrogen-bond acceptors (Lipinski definition) is 9. The van der Waals surface area contributed by atoms with Crippen molar-refractivity contribution in [3.63, 3.8) is 0 Å². The molecule has 144 valence electrons. The summed E-state index contributed by atoms with van der Waals surface area (Å²) in [5.74, 6) is 0.206. The summed E-state index contributed by atoms with van der Waals surface area (Å²) in [6, 6.07) is 0. The molecule has 0 spiro atoms. The molecule has 1 aliphatic heterocycles. The van der Waals surface area contributed by atoms with Crippen LogP contribution in [0.5, 0.6) is 0 Å². The van der Waals surface area contributed by atoms with Crippen LogP contribution in [0.4, 0.5) is 0 Å². The first-order chi connectivity index (χ1) is 11.8. The second-order valence-corrected chi connectivity index (χ2v) is 8.20. The Morgan fingerprint density at radius 2 is 1.64 bits per heavy atom. The van der Waals surface area contributed by atoms with Gasteiger partial charge in [0.25, 0.3) is 0 Å². The van der Waals surface area contributed by atoms with Crippen LogP contribution in [0.1, 0.15) is 34.6 Å². The standard InChI is InChI=1S/C16H26O7S2/c1-6-24-15-14(22-11(5)19)13(23-16(15)25-7-2)12(21-10(4)18)8-20-9(3)17/h12-16H,6-8H2,1-5H3/t12-,13+,14+,15-,16-/m1/s1. The molecule has 0 saturated carbocycles. The maximum atomic E-state index is 11.6. The molecule has 1 heterocycles. The van der Waals surface area contributed by atoms with Crippen LogP contribution in [0.3, 0.4) is 0 Å². The fourth-order valence-corrected chi connectivity index (χ4v) is 4.91. The molecule has 1 fully saturated rings. The van der Waals surface area contributed by atoms with E-state index in [1.54, 1.807) is 23.5 Å². The summed E-state index contributed by atoms with van der Waals surface area (Å²) in [7, 11) is 0. The quantitative estimate of drug-likeness (QED) is 0.430. The van der Waals surface area contributed by atoms with Gasteiger partial charge in [-0.3, -0.25) is 14.4 Å². The molecule has 0 aromatic carbocycles. The van der Waals surface area contributed by atoms with Crippen molar-refractivity contribution in [2.45, 2.75) is 63.6 Å². The molecular formula is C16H26O7S2. The van der Waals surface area contributed by atoms with Crippen LogP contribution >= 0.6 is 23.5 Å². The van der Waals surface area contributed by atoms with E-state index in [1.807, 2.05) is 13.8 Å². The summed E-state index contributed by atoms with van der Waals surface area (Å²) >= 11 is 3.23. The van der Waals surface area contributed by atoms with E-state index in [1.165, 1.54) is 20.8 Å². The van der Waals surface area contributed by atoms with Crippen molar-refractivity contribution in [1.29, 1.82) is 0 Å². The Hall–Kier alpha value is -0.930. The van der Waals surface area contributed by atoms with E-state index in [2.05, 4.69) is 0 Å². The van der Waals surface area contributed by atoms with E-state index in [9.17, 15) is 14.4 Å². The fourth-order valence-electron chi connectivity index (χ4n) is 2.55. The molecule has 5 atom stereocenters. The zero-order valence-electron chi connectivity index (χ0n) is 15.2. The highest BCUT2D eigenvalue weighted by atomic mass is 32.2. The van der Waals surface area contributed by atoms with E-state index in [4.69, 9.17) is 18.9 Å². The Morgan fingerprint density at radius 1 is 1.00 bits per heavy atom. The van der Waals surface area contributed by atoms with E-state index < -0.39 is 36.2 Å². The normalized spacial score (nSPS) is 26.8. The lowest BCUT2D eigenvalue weighted by molar-refractivity contribution is -0.172. The van der Waals surface area contributed by atoms with Crippen LogP contribution in [-0.2, 0) is 33.3 Å². The summed E-state index contributed by atoms with van der Waals surface area (Å²) in [5, 5.41) is -0.0979. The second-order valence-electron chi connectivity index (χ2n) is 5.37. The van der Waals surface area contributed by atoms with Gasteiger partial charge in [0.05, 0.1) is 5.25 Å². The average Bonchev–Trinajstić information content (AvgIpc) is 2.81. The molecule has 7 nitrogen and oxygen atoms in total. The second kappa shape index (κ2) is 10.9. The molecule has 0 unspecified atom stereocenters. The largest absolute Gasteiger partial charge is 0.462 e. The van der Waals surface area contributed by atoms with Crippen LogP contribution in [0, 0.1) is 0 Å². The Bertz CT molecular complexity index is 471. The Kier molecular flexibility index (Phi) is 9.66. The van der Waals surface area contributed by atoms with Gasteiger partial charge in [0.15, 0.2) is 6.10 Å². The molecule has 0 aromatic rings. The number of hydrogen-bond donors (Lipinski definition) is 0. The van der Waals surface area contributed by atoms with Crippen molar-refractivity contribution in [3.05, 3.63) is 0 Å². The molecule has 1 aliphatic rings. The molecule has 1 saturated heterocycles. The predicted octanol–water partition coefficient (Wildman–Crippen LogP) is 2.01. The molecule has 0 aromatic heterocycles. The minimum atomic E-state index is -0.840. The molecule has 9 heteroatoms. The van der Waals surface area contributed by atoms with Gasteiger partial charge in [-0.25, -0.2) is 0 Å². The first-order valence-electron chi connectivity index (χ1n) is 8.16. The summed E-state index contributed by atoms with van der Waals surface area (Å²) in [5.41, 5.74) is -0.209. The number of rotatable bonds is 9. The molecule has 0 aliphatic carbocycles. The third kappa shape index (κ3) is 7.07. The predicted molar refractivity (Wildman–Crippen MR) is 96.5 cm³/mol. The van der Waals surface area contributed by atoms with Gasteiger partial charge < -0.3 is 18.9 Å². The van der Waals surface area contributed by atoms with Crippen molar-refractivity contribution in [2.24, 2.45) is 0 Å². The fraction of sp³-hybridized carbons (Fsp3) is 0.812. The maximum absolute atomic E-state index is 11.6. The number of carbonyl (C=O) groups is 3. The van der Waals surface area contributed by atoms with Gasteiger partial charge in [-0.05, 0) is 11.5 Å². The van der Waals surface area contributed by atoms with Crippen molar-refractivity contribution in [2.75, 3.05) is 18.1 Å². The zero-order valence-corrected chi connectivity index (χ0v) is 16.8. The topological polar surface area (TPSA) is 88.1 Å². The molecule has 0 amide bonds. The lowest BCUT2D eigenvalue weighted by Crippen LogP contribution is -2.45. The smallest absolute Gasteiger partial charge is 0.303 e. The van der Waals surface area contributed by atoms with Crippen LogP contribution in [0.25, 0.3) is 0 Å². The lowest BCUT2D eigenvalue weighted by Gasteiger charge is -2.27. The first kappa shape index (κ1) is 22.1. The third-order valence-electron chi connectivity index (χ3n) is 3.33. The number of ether oxygens (including phenoxy) is 4. The number of thioether (sulfide) groups is 2. The van der Waals surface area contributed by atoms with E-state index in [-0.39, 0.29) is 17.3 Å². The number of carbonyl (C=O) groups excluding carboxylic acids is 3. The minimum Gasteiger partial charge on any atom is -0.462 e. The van der Waals surface area contributed by atoms with Crippen LogP contribution < -0.4 is 0 Å². The van der Waals surface area contributed by atoms with Gasteiger partial charge in [0.2, 0.25) is 0 Å². The molecular weight excluding hydrogens is 368 g/mol. The van der Waals surface area contributed by atoms with Gasteiger partial charge in [-0.2, -0.15) is 11.8 Å². The monoisotopic (exact) mass is 394 g/mol. The van der Waals surface area contributed by atoms with Crippen molar-refractivity contribution in [3.8, 4) is 0 Å². The SMILES string of the molecule is CCS[C@@H]1[C@@H](OC(C)=O)[C@H]([C@@H](COC(C)=O)OC(C)=O)O[C@@H]1SCC. The highest BCUT2D eigenvalue weighted by Crippen LogP contribution is 2.40. The van der Waals surface area contributed by atoms with Gasteiger partial charge in [-0.1, -0.05) is 13.8 Å². The van der Waals surface area contributed by atoms with Crippen LogP contribution in [0.15, 0.2) is 0 Å². The Balaban J connectivity index is 3.06. The molecule has 25 heavy (non-hydrogen) atoms. The highest BCUT2D eigenvalue weighted by Gasteiger charge is 2.51. The zero-order chi connectivity index (χ0) is 19.0. The summed E-state index contributed by atoms with van der Waals surface area (Å²) in [6.45, 7) is 7.75. The molecule has 0 radical (unpaired) electrons. The Labute approximate surface area is 156 Å². The van der Waals surface area contributed by atoms with Crippen molar-refractivity contribution >= 4 is 41.4 Å². The van der Waals surface area contributed by atoms with Crippen molar-refractivity contribution in [1.82, 2.24) is 0 Å². The first-order valence-corrected chi connectivity index (χ1v) is 10.3. The van der Waals surface area contributed by atoms with Gasteiger partial charge in [0.1, 0.15) is 24.3 Å². The van der Waals surface area contributed by atoms with E-state index >= 15 is 0 Å². The van der Waals surface area contributed by atoms with Gasteiger partial charge >= 0.3 is 17.9 Å². The third-order valence-corrected chi connectivity index (χ3v) is 5.81. The Morgan fingerprint density at radius 3 is 2.12 bits per heavy atom. The van der Waals surface area contributed by atoms with E-state index in [0.717, 1.165) is 11.5 Å². The summed E-state index contributed by atoms with van der Waals surface area (Å²) in [4.78, 5) is 34.2. The van der Waals surface area contributed by atoms with E-state index in [0.29, 0.717) is 0 Å². The van der Waals surface area contributed by atoms with Gasteiger partial charge in [0, 0.05) is 20.8 Å². The number of esters is 3. The van der Waals surface area contributed by atoms with Crippen LogP contribution in [-0.4, -0.2) is 65.0 Å². The average molecular weight is 395 g/mol.